The van der Waals surface area contributed by atoms with Crippen LogP contribution in [0.3, 0.4) is 0 Å². The van der Waals surface area contributed by atoms with E-state index in [0.717, 1.165) is 50.8 Å². The highest BCUT2D eigenvalue weighted by molar-refractivity contribution is 5.87. The van der Waals surface area contributed by atoms with Gasteiger partial charge in [0.15, 0.2) is 0 Å². The maximum atomic E-state index is 4.11. The molecule has 0 heteroatoms. The average molecular weight is 933 g/mol. The predicted octanol–water partition coefficient (Wildman–Crippen LogP) is 21.3. The van der Waals surface area contributed by atoms with E-state index in [0.29, 0.717) is 5.41 Å². The van der Waals surface area contributed by atoms with Crippen LogP contribution in [-0.2, 0) is 0 Å². The SMILES string of the molecule is C1=CCC2CCCC2=C1.C=C(C)c1cccc(-c2ccccc2)c1C(=C)C.C=CC(=C)C.C=CC12C=CC(CC1)C2.C=CC=C.C=Cc1cccc(-c2ccccc2)c1C=C.C=Cc1ccccc1C=C. The molecule has 2 saturated carbocycles. The number of rotatable bonds is 11. The molecule has 4 aliphatic rings. The Morgan fingerprint density at radius 2 is 1.11 bits per heavy atom. The lowest BCUT2D eigenvalue weighted by Crippen LogP contribution is -2.05. The van der Waals surface area contributed by atoms with Gasteiger partial charge in [0, 0.05) is 5.41 Å². The van der Waals surface area contributed by atoms with Crippen LogP contribution in [0.2, 0.25) is 0 Å². The topological polar surface area (TPSA) is 0 Å². The van der Waals surface area contributed by atoms with Crippen LogP contribution in [0.15, 0.2) is 260 Å². The lowest BCUT2D eigenvalue weighted by Gasteiger charge is -2.16. The van der Waals surface area contributed by atoms with Gasteiger partial charge in [-0.05, 0) is 139 Å². The van der Waals surface area contributed by atoms with Crippen molar-refractivity contribution in [1.82, 2.24) is 0 Å². The normalized spacial score (nSPS) is 16.6. The third-order valence-corrected chi connectivity index (χ3v) is 12.8. The number of fused-ring (bicyclic) bond motifs is 3. The van der Waals surface area contributed by atoms with Crippen LogP contribution in [0.5, 0.6) is 0 Å². The molecule has 0 spiro atoms. The second kappa shape index (κ2) is 31.6. The standard InChI is InChI=1S/C18H18.C16H14.C10H10.2C9H12.C5H8.C4H6/c1-13(2)16-11-8-12-17(18(16)14(3)4)15-9-6-5-7-10-15;1-3-13-11-8-12-16(15(13)4-2)14-9-6-5-7-10-14;1-3-9-7-5-6-8-10(9)4-2;1-2-9-5-3-8(7-9)4-6-9;1-2-5-9-7-3-6-8(9)4-1;1-4-5(2)3;1-3-4-2/h5-12H,1,3H2,2,4H3;3-12H,1-2H2;3-8H,1-2H2;2-3,5,8H,1,4,6-7H2;1-2,4,9H,3,5-7H2;4H,1-2H2,3H3;3-4H,1-2H2. The van der Waals surface area contributed by atoms with E-state index < -0.39 is 0 Å². The molecule has 2 fully saturated rings. The third kappa shape index (κ3) is 18.4. The largest absolute Gasteiger partial charge is 0.102 e. The minimum Gasteiger partial charge on any atom is -0.102 e. The highest BCUT2D eigenvalue weighted by Gasteiger charge is 2.37. The molecule has 0 N–H and O–H groups in total. The molecule has 5 aromatic carbocycles. The van der Waals surface area contributed by atoms with Crippen molar-refractivity contribution < 1.29 is 0 Å². The molecule has 0 radical (unpaired) electrons. The van der Waals surface area contributed by atoms with Gasteiger partial charge in [-0.25, -0.2) is 0 Å². The Morgan fingerprint density at radius 1 is 0.577 bits per heavy atom. The average Bonchev–Trinajstić information content (AvgIpc) is 4.20. The van der Waals surface area contributed by atoms with E-state index in [4.69, 9.17) is 0 Å². The van der Waals surface area contributed by atoms with E-state index in [9.17, 15) is 0 Å². The summed E-state index contributed by atoms with van der Waals surface area (Å²) in [4.78, 5) is 0. The van der Waals surface area contributed by atoms with Crippen molar-refractivity contribution in [2.24, 2.45) is 17.3 Å². The minimum atomic E-state index is 0.435. The summed E-state index contributed by atoms with van der Waals surface area (Å²) in [6, 6.07) is 41.3. The van der Waals surface area contributed by atoms with Gasteiger partial charge in [0.2, 0.25) is 0 Å². The first-order valence-electron chi connectivity index (χ1n) is 24.8. The molecule has 9 rings (SSSR count). The number of hydrogen-bond acceptors (Lipinski definition) is 0. The Labute approximate surface area is 431 Å². The van der Waals surface area contributed by atoms with E-state index in [-0.39, 0.29) is 0 Å². The Morgan fingerprint density at radius 3 is 1.54 bits per heavy atom. The first-order chi connectivity index (χ1) is 34.3. The van der Waals surface area contributed by atoms with Crippen molar-refractivity contribution in [2.45, 2.75) is 65.7 Å². The highest BCUT2D eigenvalue weighted by atomic mass is 14.4. The first kappa shape index (κ1) is 57.8. The predicted molar refractivity (Wildman–Crippen MR) is 324 cm³/mol. The van der Waals surface area contributed by atoms with Gasteiger partial charge in [0.05, 0.1) is 0 Å². The van der Waals surface area contributed by atoms with Gasteiger partial charge in [-0.15, -0.1) is 6.58 Å². The van der Waals surface area contributed by atoms with Crippen LogP contribution in [0, 0.1) is 17.3 Å². The molecular weight excluding hydrogens is 853 g/mol. The van der Waals surface area contributed by atoms with E-state index in [1.807, 2.05) is 99.7 Å². The second-order valence-corrected chi connectivity index (χ2v) is 18.1. The first-order valence-corrected chi connectivity index (χ1v) is 24.8. The molecule has 5 aromatic rings. The minimum absolute atomic E-state index is 0.435. The van der Waals surface area contributed by atoms with Crippen molar-refractivity contribution in [3.63, 3.8) is 0 Å². The smallest absolute Gasteiger partial charge is 0.00642 e. The van der Waals surface area contributed by atoms with Crippen LogP contribution in [0.25, 0.3) is 57.7 Å². The van der Waals surface area contributed by atoms with Crippen molar-refractivity contribution in [3.8, 4) is 22.3 Å². The lowest BCUT2D eigenvalue weighted by molar-refractivity contribution is 0.525. The summed E-state index contributed by atoms with van der Waals surface area (Å²) in [6.07, 6.45) is 35.7. The Kier molecular flexibility index (Phi) is 25.7. The van der Waals surface area contributed by atoms with Crippen molar-refractivity contribution in [2.75, 3.05) is 0 Å². The summed E-state index contributed by atoms with van der Waals surface area (Å²) in [6.45, 7) is 46.9. The lowest BCUT2D eigenvalue weighted by atomic mass is 9.88. The second-order valence-electron chi connectivity index (χ2n) is 18.1. The third-order valence-electron chi connectivity index (χ3n) is 12.8. The van der Waals surface area contributed by atoms with Crippen molar-refractivity contribution in [3.05, 3.63) is 293 Å². The van der Waals surface area contributed by atoms with Gasteiger partial charge in [0.1, 0.15) is 0 Å². The van der Waals surface area contributed by atoms with Crippen molar-refractivity contribution >= 4 is 35.5 Å². The summed E-state index contributed by atoms with van der Waals surface area (Å²) < 4.78 is 0. The quantitative estimate of drug-likeness (QED) is 0.0914. The number of allylic oxidation sites excluding steroid dienone is 13. The van der Waals surface area contributed by atoms with Crippen LogP contribution >= 0.6 is 0 Å². The van der Waals surface area contributed by atoms with Gasteiger partial charge < -0.3 is 0 Å². The summed E-state index contributed by atoms with van der Waals surface area (Å²) in [5, 5.41) is 0. The molecule has 71 heavy (non-hydrogen) atoms. The number of benzene rings is 5. The van der Waals surface area contributed by atoms with Gasteiger partial charge >= 0.3 is 0 Å². The molecule has 3 atom stereocenters. The summed E-state index contributed by atoms with van der Waals surface area (Å²) in [5.41, 5.74) is 17.1. The van der Waals surface area contributed by atoms with Gasteiger partial charge in [-0.1, -0.05) is 283 Å². The fourth-order valence-electron chi connectivity index (χ4n) is 8.88. The molecule has 4 aliphatic carbocycles. The van der Waals surface area contributed by atoms with E-state index in [1.165, 1.54) is 78.3 Å². The monoisotopic (exact) mass is 933 g/mol. The molecule has 0 saturated heterocycles. The molecule has 364 valence electrons. The fraction of sp³-hybridized carbons (Fsp3) is 0.183. The zero-order valence-electron chi connectivity index (χ0n) is 43.4. The molecule has 0 aromatic heterocycles. The fourth-order valence-corrected chi connectivity index (χ4v) is 8.88. The zero-order valence-corrected chi connectivity index (χ0v) is 43.4. The molecule has 2 bridgehead atoms. The van der Waals surface area contributed by atoms with E-state index in [2.05, 4.69) is 176 Å². The highest BCUT2D eigenvalue weighted by Crippen LogP contribution is 2.49. The van der Waals surface area contributed by atoms with E-state index >= 15 is 0 Å². The maximum Gasteiger partial charge on any atom is 0.00642 e. The van der Waals surface area contributed by atoms with E-state index in [1.54, 1.807) is 23.8 Å². The van der Waals surface area contributed by atoms with Gasteiger partial charge in [0.25, 0.3) is 0 Å². The zero-order chi connectivity index (χ0) is 52.0. The summed E-state index contributed by atoms with van der Waals surface area (Å²) in [7, 11) is 0. The molecule has 0 heterocycles. The van der Waals surface area contributed by atoms with Crippen LogP contribution in [0.4, 0.5) is 0 Å². The molecular formula is C71H80. The number of hydrogen-bond donors (Lipinski definition) is 0. The molecule has 0 amide bonds. The molecule has 0 aliphatic heterocycles. The summed E-state index contributed by atoms with van der Waals surface area (Å²) >= 11 is 0. The van der Waals surface area contributed by atoms with Crippen LogP contribution in [-0.4, -0.2) is 0 Å². The Balaban J connectivity index is 0.000000230. The van der Waals surface area contributed by atoms with Gasteiger partial charge in [-0.3, -0.25) is 0 Å². The maximum absolute atomic E-state index is 4.11. The molecule has 3 unspecified atom stereocenters. The Hall–Kier alpha value is -7.54. The molecule has 0 nitrogen and oxygen atoms in total. The Bertz CT molecular complexity index is 2650. The summed E-state index contributed by atoms with van der Waals surface area (Å²) in [5.74, 6) is 1.83. The van der Waals surface area contributed by atoms with Crippen LogP contribution < -0.4 is 0 Å². The van der Waals surface area contributed by atoms with Gasteiger partial charge in [-0.2, -0.15) is 0 Å². The van der Waals surface area contributed by atoms with Crippen LogP contribution in [0.1, 0.15) is 99.1 Å². The van der Waals surface area contributed by atoms with Crippen molar-refractivity contribution in [1.29, 1.82) is 0 Å².